The molecule has 0 radical (unpaired) electrons. The first kappa shape index (κ1) is 13.7. The molecule has 4 nitrogen and oxygen atoms in total. The summed E-state index contributed by atoms with van der Waals surface area (Å²) in [5, 5.41) is 0. The molecule has 0 bridgehead atoms. The lowest BCUT2D eigenvalue weighted by Crippen LogP contribution is -2.38. The number of carbonyl (C=O) groups is 2. The monoisotopic (exact) mass is 212 g/mol. The molecule has 1 atom stereocenters. The summed E-state index contributed by atoms with van der Waals surface area (Å²) >= 11 is 0. The summed E-state index contributed by atoms with van der Waals surface area (Å²) in [4.78, 5) is 25.5. The number of rotatable bonds is 6. The second-order valence-electron chi connectivity index (χ2n) is 3.69. The quantitative estimate of drug-likeness (QED) is 0.485. The van der Waals surface area contributed by atoms with Gasteiger partial charge in [-0.3, -0.25) is 4.79 Å². The van der Waals surface area contributed by atoms with Crippen molar-refractivity contribution in [2.45, 2.75) is 26.3 Å². The topological polar surface area (TPSA) is 40.6 Å². The van der Waals surface area contributed by atoms with E-state index >= 15 is 0 Å². The number of carbonyl (C=O) groups excluding carboxylic acids is 2. The highest BCUT2D eigenvalue weighted by Gasteiger charge is 2.15. The Kier molecular flexibility index (Phi) is 6.42. The lowest BCUT2D eigenvalue weighted by atomic mass is 10.2. The predicted molar refractivity (Wildman–Crippen MR) is 60.4 cm³/mol. The van der Waals surface area contributed by atoms with E-state index in [4.69, 9.17) is 0 Å². The molecule has 0 rings (SSSR count). The van der Waals surface area contributed by atoms with Crippen molar-refractivity contribution >= 4 is 12.2 Å². The molecule has 1 amide bonds. The van der Waals surface area contributed by atoms with Crippen LogP contribution in [0.2, 0.25) is 0 Å². The van der Waals surface area contributed by atoms with Gasteiger partial charge >= 0.3 is 0 Å². The number of aldehydes is 1. The zero-order valence-corrected chi connectivity index (χ0v) is 9.93. The Labute approximate surface area is 91.5 Å². The molecule has 86 valence electrons. The molecule has 0 aliphatic heterocycles. The number of hydrogen-bond acceptors (Lipinski definition) is 3. The van der Waals surface area contributed by atoms with Gasteiger partial charge in [0.15, 0.2) is 0 Å². The van der Waals surface area contributed by atoms with E-state index in [0.717, 1.165) is 12.7 Å². The molecule has 0 aliphatic carbocycles. The largest absolute Gasteiger partial charge is 0.383 e. The van der Waals surface area contributed by atoms with Crippen molar-refractivity contribution in [3.05, 3.63) is 12.3 Å². The molecule has 0 aromatic rings. The van der Waals surface area contributed by atoms with Gasteiger partial charge in [-0.1, -0.05) is 6.92 Å². The standard InChI is InChI=1S/C11H20N2O2/c1-5-10(2)13(8-9-14)11(15)6-7-12(3)4/h6-7,9-10H,5,8H2,1-4H3/b7-6-. The lowest BCUT2D eigenvalue weighted by Gasteiger charge is -2.25. The second-order valence-corrected chi connectivity index (χ2v) is 3.69. The van der Waals surface area contributed by atoms with Crippen molar-refractivity contribution in [1.29, 1.82) is 0 Å². The highest BCUT2D eigenvalue weighted by Crippen LogP contribution is 2.03. The molecular weight excluding hydrogens is 192 g/mol. The maximum atomic E-state index is 11.7. The van der Waals surface area contributed by atoms with Gasteiger partial charge in [0.1, 0.15) is 6.29 Å². The molecule has 0 saturated heterocycles. The molecule has 0 fully saturated rings. The Morgan fingerprint density at radius 3 is 2.40 bits per heavy atom. The minimum atomic E-state index is -0.120. The van der Waals surface area contributed by atoms with Crippen LogP contribution in [0.15, 0.2) is 12.3 Å². The minimum absolute atomic E-state index is 0.0921. The molecule has 4 heteroatoms. The van der Waals surface area contributed by atoms with Gasteiger partial charge in [-0.15, -0.1) is 0 Å². The van der Waals surface area contributed by atoms with Crippen molar-refractivity contribution in [1.82, 2.24) is 9.80 Å². The van der Waals surface area contributed by atoms with Crippen LogP contribution in [0.3, 0.4) is 0 Å². The molecule has 1 unspecified atom stereocenters. The molecular formula is C11H20N2O2. The zero-order chi connectivity index (χ0) is 11.8. The maximum absolute atomic E-state index is 11.7. The summed E-state index contributed by atoms with van der Waals surface area (Å²) in [5.41, 5.74) is 0. The van der Waals surface area contributed by atoms with E-state index in [-0.39, 0.29) is 18.5 Å². The third-order valence-corrected chi connectivity index (χ3v) is 2.19. The zero-order valence-electron chi connectivity index (χ0n) is 9.93. The Bertz CT molecular complexity index is 237. The molecule has 0 aromatic carbocycles. The summed E-state index contributed by atoms with van der Waals surface area (Å²) in [6.07, 6.45) is 4.77. The third kappa shape index (κ3) is 5.20. The van der Waals surface area contributed by atoms with E-state index < -0.39 is 0 Å². The van der Waals surface area contributed by atoms with Crippen molar-refractivity contribution in [2.24, 2.45) is 0 Å². The fourth-order valence-corrected chi connectivity index (χ4v) is 1.10. The van der Waals surface area contributed by atoms with Crippen LogP contribution in [0.5, 0.6) is 0 Å². The molecule has 0 N–H and O–H groups in total. The van der Waals surface area contributed by atoms with Gasteiger partial charge in [-0.2, -0.15) is 0 Å². The second kappa shape index (κ2) is 7.04. The molecule has 0 spiro atoms. The van der Waals surface area contributed by atoms with E-state index in [0.29, 0.717) is 0 Å². The van der Waals surface area contributed by atoms with Crippen LogP contribution in [0.25, 0.3) is 0 Å². The van der Waals surface area contributed by atoms with Gasteiger partial charge in [-0.25, -0.2) is 0 Å². The lowest BCUT2D eigenvalue weighted by molar-refractivity contribution is -0.130. The average Bonchev–Trinajstić information content (AvgIpc) is 2.21. The van der Waals surface area contributed by atoms with Crippen LogP contribution >= 0.6 is 0 Å². The van der Waals surface area contributed by atoms with Crippen LogP contribution in [0.1, 0.15) is 20.3 Å². The first-order valence-corrected chi connectivity index (χ1v) is 5.11. The van der Waals surface area contributed by atoms with Gasteiger partial charge in [-0.05, 0) is 13.3 Å². The molecule has 0 heterocycles. The first-order chi connectivity index (χ1) is 7.02. The summed E-state index contributed by atoms with van der Waals surface area (Å²) in [6, 6.07) is 0.0921. The Morgan fingerprint density at radius 1 is 1.40 bits per heavy atom. The summed E-state index contributed by atoms with van der Waals surface area (Å²) < 4.78 is 0. The van der Waals surface area contributed by atoms with Crippen molar-refractivity contribution in [2.75, 3.05) is 20.6 Å². The van der Waals surface area contributed by atoms with Crippen LogP contribution in [-0.4, -0.2) is 48.7 Å². The van der Waals surface area contributed by atoms with Gasteiger partial charge in [0.25, 0.3) is 0 Å². The summed E-state index contributed by atoms with van der Waals surface area (Å²) in [7, 11) is 3.69. The SMILES string of the molecule is CCC(C)N(CC=O)C(=O)/C=C\N(C)C. The van der Waals surface area contributed by atoms with Gasteiger partial charge in [0, 0.05) is 32.4 Å². The van der Waals surface area contributed by atoms with Gasteiger partial charge in [0.2, 0.25) is 5.91 Å². The highest BCUT2D eigenvalue weighted by molar-refractivity contribution is 5.89. The first-order valence-electron chi connectivity index (χ1n) is 5.11. The van der Waals surface area contributed by atoms with E-state index in [2.05, 4.69) is 0 Å². The minimum Gasteiger partial charge on any atom is -0.383 e. The molecule has 0 aliphatic rings. The van der Waals surface area contributed by atoms with Crippen molar-refractivity contribution in [3.63, 3.8) is 0 Å². The third-order valence-electron chi connectivity index (χ3n) is 2.19. The highest BCUT2D eigenvalue weighted by atomic mass is 16.2. The van der Waals surface area contributed by atoms with Crippen LogP contribution in [0, 0.1) is 0 Å². The molecule has 0 aromatic heterocycles. The summed E-state index contributed by atoms with van der Waals surface area (Å²) in [6.45, 7) is 4.09. The Balaban J connectivity index is 4.48. The van der Waals surface area contributed by atoms with Crippen molar-refractivity contribution < 1.29 is 9.59 Å². The summed E-state index contributed by atoms with van der Waals surface area (Å²) in [5.74, 6) is -0.120. The normalized spacial score (nSPS) is 12.5. The molecule has 0 saturated carbocycles. The van der Waals surface area contributed by atoms with E-state index in [1.807, 2.05) is 27.9 Å². The van der Waals surface area contributed by atoms with Crippen LogP contribution in [0.4, 0.5) is 0 Å². The smallest absolute Gasteiger partial charge is 0.248 e. The van der Waals surface area contributed by atoms with Crippen LogP contribution in [-0.2, 0) is 9.59 Å². The number of hydrogen-bond donors (Lipinski definition) is 0. The van der Waals surface area contributed by atoms with Gasteiger partial charge < -0.3 is 14.6 Å². The Hall–Kier alpha value is -1.32. The maximum Gasteiger partial charge on any atom is 0.248 e. The molecule has 15 heavy (non-hydrogen) atoms. The van der Waals surface area contributed by atoms with E-state index in [1.165, 1.54) is 6.08 Å². The number of amides is 1. The van der Waals surface area contributed by atoms with E-state index in [9.17, 15) is 9.59 Å². The van der Waals surface area contributed by atoms with E-state index in [1.54, 1.807) is 16.0 Å². The van der Waals surface area contributed by atoms with Crippen LogP contribution < -0.4 is 0 Å². The number of nitrogens with zero attached hydrogens (tertiary/aromatic N) is 2. The van der Waals surface area contributed by atoms with Crippen molar-refractivity contribution in [3.8, 4) is 0 Å². The van der Waals surface area contributed by atoms with Gasteiger partial charge in [0.05, 0.1) is 6.54 Å². The Morgan fingerprint density at radius 2 is 2.00 bits per heavy atom. The predicted octanol–water partition coefficient (Wildman–Crippen LogP) is 0.888. The fourth-order valence-electron chi connectivity index (χ4n) is 1.10. The fraction of sp³-hybridized carbons (Fsp3) is 0.636. The average molecular weight is 212 g/mol.